The monoisotopic (exact) mass is 551 g/mol. The molecule has 0 spiro atoms. The van der Waals surface area contributed by atoms with Crippen molar-refractivity contribution in [2.24, 2.45) is 0 Å². The SMILES string of the molecule is CCCCCC/C=C\CCCCCCCC(O)CC(=O)NC(CO)C(O)/C=C/CCCCCCCCCCC. The fourth-order valence-corrected chi connectivity index (χ4v) is 4.86. The second-order valence-corrected chi connectivity index (χ2v) is 11.4. The quantitative estimate of drug-likeness (QED) is 0.0556. The minimum atomic E-state index is -0.925. The number of carbonyl (C=O) groups is 1. The summed E-state index contributed by atoms with van der Waals surface area (Å²) in [6.07, 6.45) is 32.9. The molecule has 1 amide bonds. The van der Waals surface area contributed by atoms with Gasteiger partial charge in [0, 0.05) is 0 Å². The van der Waals surface area contributed by atoms with Crippen LogP contribution in [-0.4, -0.2) is 46.1 Å². The molecule has 0 bridgehead atoms. The van der Waals surface area contributed by atoms with Crippen LogP contribution < -0.4 is 5.32 Å². The van der Waals surface area contributed by atoms with Crippen molar-refractivity contribution in [1.29, 1.82) is 0 Å². The molecule has 0 heterocycles. The zero-order chi connectivity index (χ0) is 28.8. The minimum Gasteiger partial charge on any atom is -0.394 e. The summed E-state index contributed by atoms with van der Waals surface area (Å²) in [5.74, 6) is -0.325. The van der Waals surface area contributed by atoms with Gasteiger partial charge in [0.25, 0.3) is 0 Å². The Bertz CT molecular complexity index is 578. The normalized spacial score (nSPS) is 14.3. The molecular weight excluding hydrogens is 486 g/mol. The molecule has 39 heavy (non-hydrogen) atoms. The average Bonchev–Trinajstić information content (AvgIpc) is 2.92. The molecule has 0 fully saturated rings. The molecule has 0 aromatic carbocycles. The van der Waals surface area contributed by atoms with Gasteiger partial charge in [-0.05, 0) is 44.9 Å². The number of rotatable bonds is 29. The van der Waals surface area contributed by atoms with E-state index in [2.05, 4.69) is 31.3 Å². The van der Waals surface area contributed by atoms with E-state index in [4.69, 9.17) is 0 Å². The van der Waals surface area contributed by atoms with Crippen LogP contribution in [0.4, 0.5) is 0 Å². The lowest BCUT2D eigenvalue weighted by molar-refractivity contribution is -0.124. The molecule has 5 nitrogen and oxygen atoms in total. The van der Waals surface area contributed by atoms with Crippen molar-refractivity contribution in [3.05, 3.63) is 24.3 Å². The summed E-state index contributed by atoms with van der Waals surface area (Å²) < 4.78 is 0. The molecular formula is C34H65NO4. The Morgan fingerprint density at radius 3 is 1.59 bits per heavy atom. The second-order valence-electron chi connectivity index (χ2n) is 11.4. The maximum Gasteiger partial charge on any atom is 0.222 e. The van der Waals surface area contributed by atoms with Crippen LogP contribution >= 0.6 is 0 Å². The maximum atomic E-state index is 12.3. The van der Waals surface area contributed by atoms with Crippen LogP contribution in [0.5, 0.6) is 0 Å². The largest absolute Gasteiger partial charge is 0.394 e. The smallest absolute Gasteiger partial charge is 0.222 e. The first-order chi connectivity index (χ1) is 19.0. The predicted molar refractivity (Wildman–Crippen MR) is 167 cm³/mol. The molecule has 3 unspecified atom stereocenters. The number of nitrogens with one attached hydrogen (secondary N) is 1. The predicted octanol–water partition coefficient (Wildman–Crippen LogP) is 8.31. The number of carbonyl (C=O) groups excluding carboxylic acids is 1. The zero-order valence-corrected chi connectivity index (χ0v) is 25.8. The van der Waals surface area contributed by atoms with Gasteiger partial charge in [0.15, 0.2) is 0 Å². The van der Waals surface area contributed by atoms with Crippen molar-refractivity contribution in [1.82, 2.24) is 5.32 Å². The molecule has 0 aliphatic heterocycles. The summed E-state index contributed by atoms with van der Waals surface area (Å²) in [6, 6.07) is -0.741. The van der Waals surface area contributed by atoms with Crippen LogP contribution in [0, 0.1) is 0 Å². The number of amides is 1. The molecule has 0 saturated carbocycles. The van der Waals surface area contributed by atoms with E-state index >= 15 is 0 Å². The van der Waals surface area contributed by atoms with Gasteiger partial charge in [0.1, 0.15) is 0 Å². The number of allylic oxidation sites excluding steroid dienone is 3. The molecule has 0 aliphatic carbocycles. The first-order valence-corrected chi connectivity index (χ1v) is 16.6. The Hall–Kier alpha value is -1.17. The van der Waals surface area contributed by atoms with Crippen LogP contribution in [0.3, 0.4) is 0 Å². The third kappa shape index (κ3) is 26.8. The summed E-state index contributed by atoms with van der Waals surface area (Å²) in [5, 5.41) is 32.9. The van der Waals surface area contributed by atoms with Crippen LogP contribution in [-0.2, 0) is 4.79 Å². The molecule has 5 heteroatoms. The van der Waals surface area contributed by atoms with E-state index in [1.165, 1.54) is 96.3 Å². The van der Waals surface area contributed by atoms with Crippen LogP contribution in [0.1, 0.15) is 162 Å². The maximum absolute atomic E-state index is 12.3. The van der Waals surface area contributed by atoms with Crippen LogP contribution in [0.25, 0.3) is 0 Å². The second kappa shape index (κ2) is 29.8. The third-order valence-corrected chi connectivity index (χ3v) is 7.48. The van der Waals surface area contributed by atoms with Crippen LogP contribution in [0.2, 0.25) is 0 Å². The number of aliphatic hydroxyl groups is 3. The lowest BCUT2D eigenvalue weighted by Crippen LogP contribution is -2.45. The van der Waals surface area contributed by atoms with Gasteiger partial charge in [-0.2, -0.15) is 0 Å². The Morgan fingerprint density at radius 1 is 0.641 bits per heavy atom. The molecule has 0 aromatic rings. The van der Waals surface area contributed by atoms with E-state index in [0.717, 1.165) is 38.5 Å². The Morgan fingerprint density at radius 2 is 1.08 bits per heavy atom. The van der Waals surface area contributed by atoms with E-state index in [9.17, 15) is 20.1 Å². The van der Waals surface area contributed by atoms with E-state index in [-0.39, 0.29) is 18.9 Å². The molecule has 3 atom stereocenters. The standard InChI is InChI=1S/C34H65NO4/c1-3-5-7-9-11-13-15-16-18-19-21-23-25-27-31(37)29-34(39)35-32(30-36)33(38)28-26-24-22-20-17-14-12-10-8-6-4-2/h13,15,26,28,31-33,36-38H,3-12,14,16-25,27,29-30H2,1-2H3,(H,35,39)/b15-13-,28-26+. The number of hydrogen-bond donors (Lipinski definition) is 4. The highest BCUT2D eigenvalue weighted by Crippen LogP contribution is 2.13. The number of aliphatic hydroxyl groups excluding tert-OH is 3. The average molecular weight is 552 g/mol. The molecule has 0 saturated heterocycles. The number of hydrogen-bond acceptors (Lipinski definition) is 4. The highest BCUT2D eigenvalue weighted by atomic mass is 16.3. The number of unbranched alkanes of at least 4 members (excludes halogenated alkanes) is 18. The van der Waals surface area contributed by atoms with Gasteiger partial charge in [-0.25, -0.2) is 0 Å². The van der Waals surface area contributed by atoms with Crippen molar-refractivity contribution in [2.45, 2.75) is 180 Å². The van der Waals surface area contributed by atoms with E-state index in [1.807, 2.05) is 6.08 Å². The summed E-state index contributed by atoms with van der Waals surface area (Å²) in [4.78, 5) is 12.3. The van der Waals surface area contributed by atoms with Crippen molar-refractivity contribution in [2.75, 3.05) is 6.61 Å². The Balaban J connectivity index is 3.80. The minimum absolute atomic E-state index is 0.00836. The van der Waals surface area contributed by atoms with Gasteiger partial charge in [-0.1, -0.05) is 134 Å². The van der Waals surface area contributed by atoms with Crippen molar-refractivity contribution < 1.29 is 20.1 Å². The van der Waals surface area contributed by atoms with Gasteiger partial charge >= 0.3 is 0 Å². The topological polar surface area (TPSA) is 89.8 Å². The Labute approximate surface area is 241 Å². The highest BCUT2D eigenvalue weighted by Gasteiger charge is 2.20. The summed E-state index contributed by atoms with van der Waals surface area (Å²) in [7, 11) is 0. The third-order valence-electron chi connectivity index (χ3n) is 7.48. The molecule has 0 rings (SSSR count). The summed E-state index contributed by atoms with van der Waals surface area (Å²) in [6.45, 7) is 4.15. The lowest BCUT2D eigenvalue weighted by Gasteiger charge is -2.21. The summed E-state index contributed by atoms with van der Waals surface area (Å²) >= 11 is 0. The van der Waals surface area contributed by atoms with Gasteiger partial charge in [-0.3, -0.25) is 4.79 Å². The van der Waals surface area contributed by atoms with Crippen molar-refractivity contribution in [3.63, 3.8) is 0 Å². The first kappa shape index (κ1) is 37.8. The van der Waals surface area contributed by atoms with Crippen LogP contribution in [0.15, 0.2) is 24.3 Å². The molecule has 230 valence electrons. The van der Waals surface area contributed by atoms with E-state index < -0.39 is 18.2 Å². The van der Waals surface area contributed by atoms with Crippen molar-refractivity contribution >= 4 is 5.91 Å². The fraction of sp³-hybridized carbons (Fsp3) is 0.853. The first-order valence-electron chi connectivity index (χ1n) is 16.6. The summed E-state index contributed by atoms with van der Waals surface area (Å²) in [5.41, 5.74) is 0. The van der Waals surface area contributed by atoms with Gasteiger partial charge in [-0.15, -0.1) is 0 Å². The molecule has 4 N–H and O–H groups in total. The van der Waals surface area contributed by atoms with Gasteiger partial charge in [0.05, 0.1) is 31.3 Å². The van der Waals surface area contributed by atoms with Crippen molar-refractivity contribution in [3.8, 4) is 0 Å². The van der Waals surface area contributed by atoms with E-state index in [1.54, 1.807) is 6.08 Å². The molecule has 0 aliphatic rings. The highest BCUT2D eigenvalue weighted by molar-refractivity contribution is 5.76. The van der Waals surface area contributed by atoms with E-state index in [0.29, 0.717) is 6.42 Å². The van der Waals surface area contributed by atoms with Gasteiger partial charge < -0.3 is 20.6 Å². The van der Waals surface area contributed by atoms with Gasteiger partial charge in [0.2, 0.25) is 5.91 Å². The molecule has 0 radical (unpaired) electrons. The zero-order valence-electron chi connectivity index (χ0n) is 25.8. The fourth-order valence-electron chi connectivity index (χ4n) is 4.86. The Kier molecular flexibility index (Phi) is 28.9. The molecule has 0 aromatic heterocycles. The lowest BCUT2D eigenvalue weighted by atomic mass is 10.0.